The minimum Gasteiger partial charge on any atom is -0.263 e. The molecule has 0 aromatic carbocycles. The molecule has 1 rings (SSSR count). The summed E-state index contributed by atoms with van der Waals surface area (Å²) in [5, 5.41) is 0. The summed E-state index contributed by atoms with van der Waals surface area (Å²) < 4.78 is 82.8. The molecule has 0 heterocycles. The second kappa shape index (κ2) is 3.02. The summed E-state index contributed by atoms with van der Waals surface area (Å²) in [6.45, 7) is -1.13. The minimum absolute atomic E-state index is 0.639. The first kappa shape index (κ1) is 11.6. The Morgan fingerprint density at radius 3 is 2.07 bits per heavy atom. The van der Waals surface area contributed by atoms with Crippen molar-refractivity contribution in [2.75, 3.05) is 6.61 Å². The monoisotopic (exact) mass is 240 g/mol. The zero-order valence-corrected chi connectivity index (χ0v) is 7.33. The number of halogens is 5. The van der Waals surface area contributed by atoms with Gasteiger partial charge in [0.05, 0.1) is 12.5 Å². The maximum Gasteiger partial charge on any atom is 0.523 e. The van der Waals surface area contributed by atoms with Gasteiger partial charge in [-0.25, -0.2) is 8.78 Å². The van der Waals surface area contributed by atoms with Crippen LogP contribution in [0.15, 0.2) is 0 Å². The Labute approximate surface area is 76.0 Å². The first-order valence-electron chi connectivity index (χ1n) is 3.40. The highest BCUT2D eigenvalue weighted by Gasteiger charge is 2.58. The van der Waals surface area contributed by atoms with Crippen LogP contribution in [0.4, 0.5) is 22.0 Å². The van der Waals surface area contributed by atoms with E-state index in [-0.39, 0.29) is 0 Å². The second-order valence-electron chi connectivity index (χ2n) is 2.85. The van der Waals surface area contributed by atoms with Crippen molar-refractivity contribution < 1.29 is 34.6 Å². The molecule has 0 aromatic rings. The van der Waals surface area contributed by atoms with Gasteiger partial charge in [0.2, 0.25) is 0 Å². The summed E-state index contributed by atoms with van der Waals surface area (Å²) in [4.78, 5) is 0. The highest BCUT2D eigenvalue weighted by molar-refractivity contribution is 7.87. The molecule has 14 heavy (non-hydrogen) atoms. The van der Waals surface area contributed by atoms with Gasteiger partial charge in [-0.15, -0.1) is 0 Å². The lowest BCUT2D eigenvalue weighted by Gasteiger charge is -2.07. The summed E-state index contributed by atoms with van der Waals surface area (Å²) in [7, 11) is -5.74. The molecule has 1 fully saturated rings. The number of rotatable bonds is 3. The van der Waals surface area contributed by atoms with Crippen molar-refractivity contribution in [3.63, 3.8) is 0 Å². The maximum absolute atomic E-state index is 12.1. The van der Waals surface area contributed by atoms with Crippen LogP contribution in [0.5, 0.6) is 0 Å². The fourth-order valence-electron chi connectivity index (χ4n) is 0.689. The summed E-state index contributed by atoms with van der Waals surface area (Å²) >= 11 is 0. The van der Waals surface area contributed by atoms with Gasteiger partial charge >= 0.3 is 15.6 Å². The normalized spacial score (nSPS) is 26.2. The maximum atomic E-state index is 12.1. The molecule has 84 valence electrons. The van der Waals surface area contributed by atoms with Crippen LogP contribution in [0.1, 0.15) is 6.42 Å². The first-order valence-corrected chi connectivity index (χ1v) is 4.80. The van der Waals surface area contributed by atoms with E-state index in [1.807, 2.05) is 0 Å². The molecule has 0 unspecified atom stereocenters. The second-order valence-corrected chi connectivity index (χ2v) is 4.45. The third kappa shape index (κ3) is 2.32. The van der Waals surface area contributed by atoms with Crippen LogP contribution in [-0.4, -0.2) is 26.5 Å². The molecule has 0 aromatic heterocycles. The van der Waals surface area contributed by atoms with E-state index in [1.54, 1.807) is 0 Å². The first-order chi connectivity index (χ1) is 6.06. The van der Waals surface area contributed by atoms with Crippen LogP contribution in [-0.2, 0) is 14.3 Å². The van der Waals surface area contributed by atoms with Crippen LogP contribution in [0.25, 0.3) is 0 Å². The predicted molar refractivity (Wildman–Crippen MR) is 34.0 cm³/mol. The summed E-state index contributed by atoms with van der Waals surface area (Å²) in [5.74, 6) is -4.53. The Bertz CT molecular complexity index is 319. The lowest BCUT2D eigenvalue weighted by Crippen LogP contribution is -2.26. The van der Waals surface area contributed by atoms with Crippen LogP contribution in [0, 0.1) is 5.92 Å². The fourth-order valence-corrected chi connectivity index (χ4v) is 1.17. The van der Waals surface area contributed by atoms with Crippen molar-refractivity contribution in [2.24, 2.45) is 5.92 Å². The number of alkyl halides is 5. The summed E-state index contributed by atoms with van der Waals surface area (Å²) in [6.07, 6.45) is -0.639. The van der Waals surface area contributed by atoms with Crippen LogP contribution >= 0.6 is 0 Å². The molecule has 3 nitrogen and oxygen atoms in total. The molecule has 0 aliphatic heterocycles. The molecule has 0 radical (unpaired) electrons. The largest absolute Gasteiger partial charge is 0.523 e. The molecule has 1 aliphatic carbocycles. The average Bonchev–Trinajstić information content (AvgIpc) is 2.53. The lowest BCUT2D eigenvalue weighted by atomic mass is 10.5. The molecule has 1 saturated carbocycles. The topological polar surface area (TPSA) is 43.4 Å². The highest BCUT2D eigenvalue weighted by atomic mass is 32.2. The summed E-state index contributed by atoms with van der Waals surface area (Å²) in [6, 6.07) is 0. The smallest absolute Gasteiger partial charge is 0.263 e. The zero-order valence-electron chi connectivity index (χ0n) is 6.51. The van der Waals surface area contributed by atoms with E-state index in [9.17, 15) is 30.4 Å². The molecular formula is C5H5F5O3S. The Hall–Kier alpha value is -0.440. The molecule has 9 heteroatoms. The molecule has 0 amide bonds. The van der Waals surface area contributed by atoms with Crippen molar-refractivity contribution in [3.8, 4) is 0 Å². The van der Waals surface area contributed by atoms with E-state index < -0.39 is 40.5 Å². The van der Waals surface area contributed by atoms with Crippen LogP contribution < -0.4 is 0 Å². The van der Waals surface area contributed by atoms with Crippen molar-refractivity contribution in [1.82, 2.24) is 0 Å². The SMILES string of the molecule is O=S(=O)(OC[C@@H]1CC1(F)F)C(F)(F)F. The lowest BCUT2D eigenvalue weighted by molar-refractivity contribution is -0.0552. The van der Waals surface area contributed by atoms with Crippen molar-refractivity contribution in [3.05, 3.63) is 0 Å². The Morgan fingerprint density at radius 1 is 1.36 bits per heavy atom. The van der Waals surface area contributed by atoms with Crippen molar-refractivity contribution in [2.45, 2.75) is 17.9 Å². The highest BCUT2D eigenvalue weighted by Crippen LogP contribution is 2.49. The fraction of sp³-hybridized carbons (Fsp3) is 1.00. The number of hydrogen-bond donors (Lipinski definition) is 0. The van der Waals surface area contributed by atoms with Crippen LogP contribution in [0.2, 0.25) is 0 Å². The van der Waals surface area contributed by atoms with E-state index in [0.717, 1.165) is 0 Å². The van der Waals surface area contributed by atoms with Gasteiger partial charge in [-0.1, -0.05) is 0 Å². The molecule has 1 atom stereocenters. The van der Waals surface area contributed by atoms with Gasteiger partial charge in [-0.05, 0) is 0 Å². The predicted octanol–water partition coefficient (Wildman–Crippen LogP) is 1.51. The third-order valence-corrected chi connectivity index (χ3v) is 2.68. The Morgan fingerprint density at radius 2 is 1.79 bits per heavy atom. The van der Waals surface area contributed by atoms with Gasteiger partial charge in [-0.2, -0.15) is 21.6 Å². The molecule has 1 aliphatic rings. The molecule has 0 N–H and O–H groups in total. The Balaban J connectivity index is 2.47. The molecular weight excluding hydrogens is 235 g/mol. The quantitative estimate of drug-likeness (QED) is 0.426. The van der Waals surface area contributed by atoms with Crippen LogP contribution in [0.3, 0.4) is 0 Å². The van der Waals surface area contributed by atoms with Gasteiger partial charge in [0.15, 0.2) is 0 Å². The van der Waals surface area contributed by atoms with E-state index in [0.29, 0.717) is 0 Å². The van der Waals surface area contributed by atoms with Gasteiger partial charge in [0.1, 0.15) is 0 Å². The molecule has 0 spiro atoms. The molecule has 0 bridgehead atoms. The van der Waals surface area contributed by atoms with E-state index >= 15 is 0 Å². The van der Waals surface area contributed by atoms with E-state index in [1.165, 1.54) is 0 Å². The molecule has 0 saturated heterocycles. The average molecular weight is 240 g/mol. The third-order valence-electron chi connectivity index (χ3n) is 1.66. The number of hydrogen-bond acceptors (Lipinski definition) is 3. The minimum atomic E-state index is -5.74. The van der Waals surface area contributed by atoms with Crippen molar-refractivity contribution >= 4 is 10.1 Å². The van der Waals surface area contributed by atoms with Crippen molar-refractivity contribution in [1.29, 1.82) is 0 Å². The van der Waals surface area contributed by atoms with E-state index in [2.05, 4.69) is 4.18 Å². The standard InChI is InChI=1S/C5H5F5O3S/c6-4(7)1-3(4)2-13-14(11,12)5(8,9)10/h3H,1-2H2/t3-/m0/s1. The van der Waals surface area contributed by atoms with Gasteiger partial charge in [0.25, 0.3) is 5.92 Å². The van der Waals surface area contributed by atoms with Gasteiger partial charge in [0, 0.05) is 6.42 Å². The van der Waals surface area contributed by atoms with Gasteiger partial charge < -0.3 is 0 Å². The Kier molecular flexibility index (Phi) is 2.51. The van der Waals surface area contributed by atoms with E-state index in [4.69, 9.17) is 0 Å². The summed E-state index contributed by atoms with van der Waals surface area (Å²) in [5.41, 5.74) is -5.56. The van der Waals surface area contributed by atoms with Gasteiger partial charge in [-0.3, -0.25) is 4.18 Å². The zero-order chi connectivity index (χ0) is 11.2.